The summed E-state index contributed by atoms with van der Waals surface area (Å²) < 4.78 is 5.73. The molecule has 0 amide bonds. The van der Waals surface area contributed by atoms with Crippen molar-refractivity contribution in [1.82, 2.24) is 19.9 Å². The van der Waals surface area contributed by atoms with Gasteiger partial charge in [-0.2, -0.15) is 9.97 Å². The fourth-order valence-electron chi connectivity index (χ4n) is 2.41. The van der Waals surface area contributed by atoms with Crippen LogP contribution in [0.2, 0.25) is 0 Å². The van der Waals surface area contributed by atoms with E-state index in [9.17, 15) is 0 Å². The lowest BCUT2D eigenvalue weighted by atomic mass is 10.2. The Balaban J connectivity index is 1.68. The fraction of sp³-hybridized carbons (Fsp3) is 0.353. The van der Waals surface area contributed by atoms with Gasteiger partial charge in [0.1, 0.15) is 11.3 Å². The van der Waals surface area contributed by atoms with Gasteiger partial charge < -0.3 is 20.8 Å². The van der Waals surface area contributed by atoms with Gasteiger partial charge in [0.25, 0.3) is 0 Å². The number of unbranched alkanes of at least 4 members (excludes halogenated alkanes) is 3. The van der Waals surface area contributed by atoms with E-state index in [1.165, 1.54) is 0 Å². The number of imidazole rings is 1. The summed E-state index contributed by atoms with van der Waals surface area (Å²) in [4.78, 5) is 16.1. The van der Waals surface area contributed by atoms with Crippen molar-refractivity contribution in [3.63, 3.8) is 0 Å². The van der Waals surface area contributed by atoms with Crippen LogP contribution in [0.1, 0.15) is 25.7 Å². The summed E-state index contributed by atoms with van der Waals surface area (Å²) in [5.74, 6) is 1.40. The molecule has 0 atom stereocenters. The van der Waals surface area contributed by atoms with E-state index >= 15 is 0 Å². The maximum Gasteiger partial charge on any atom is 0.326 e. The first-order valence-electron chi connectivity index (χ1n) is 8.25. The predicted octanol–water partition coefficient (Wildman–Crippen LogP) is 3.08. The number of H-pyrrole nitrogens is 1. The number of hydrogen-bond acceptors (Lipinski definition) is 6. The first kappa shape index (κ1) is 16.2. The predicted molar refractivity (Wildman–Crippen MR) is 94.2 cm³/mol. The highest BCUT2D eigenvalue weighted by molar-refractivity contribution is 5.82. The van der Waals surface area contributed by atoms with Crippen LogP contribution in [0.3, 0.4) is 0 Å². The number of nitrogens with one attached hydrogen (secondary N) is 2. The lowest BCUT2D eigenvalue weighted by molar-refractivity contribution is 0.444. The van der Waals surface area contributed by atoms with Crippen molar-refractivity contribution in [3.8, 4) is 11.8 Å². The molecule has 0 unspecified atom stereocenters. The van der Waals surface area contributed by atoms with Crippen LogP contribution in [0.5, 0.6) is 11.8 Å². The molecule has 0 aliphatic carbocycles. The Morgan fingerprint density at radius 1 is 1.04 bits per heavy atom. The highest BCUT2D eigenvalue weighted by atomic mass is 16.5. The normalized spacial score (nSPS) is 10.9. The second-order valence-corrected chi connectivity index (χ2v) is 5.50. The van der Waals surface area contributed by atoms with E-state index in [0.29, 0.717) is 17.2 Å². The molecule has 3 rings (SSSR count). The van der Waals surface area contributed by atoms with Gasteiger partial charge in [-0.3, -0.25) is 0 Å². The Hall–Kier alpha value is -2.67. The van der Waals surface area contributed by atoms with Crippen LogP contribution in [0.4, 0.5) is 5.82 Å². The number of aromatic nitrogens is 4. The van der Waals surface area contributed by atoms with Crippen LogP contribution in [0, 0.1) is 0 Å². The number of ether oxygens (including phenoxy) is 1. The Bertz CT molecular complexity index is 758. The van der Waals surface area contributed by atoms with Crippen molar-refractivity contribution >= 4 is 17.0 Å². The summed E-state index contributed by atoms with van der Waals surface area (Å²) in [5.41, 5.74) is 6.88. The molecule has 2 aromatic heterocycles. The van der Waals surface area contributed by atoms with E-state index in [-0.39, 0.29) is 6.01 Å². The van der Waals surface area contributed by atoms with Gasteiger partial charge in [-0.25, -0.2) is 4.98 Å². The molecule has 0 fully saturated rings. The second kappa shape index (κ2) is 8.26. The maximum absolute atomic E-state index is 5.73. The molecular formula is C17H22N6O. The molecule has 2 heterocycles. The number of hydrogen-bond donors (Lipinski definition) is 3. The Morgan fingerprint density at radius 2 is 1.88 bits per heavy atom. The molecule has 126 valence electrons. The van der Waals surface area contributed by atoms with Gasteiger partial charge in [-0.15, -0.1) is 0 Å². The minimum absolute atomic E-state index is 0.284. The molecule has 0 bridgehead atoms. The summed E-state index contributed by atoms with van der Waals surface area (Å²) >= 11 is 0. The van der Waals surface area contributed by atoms with Crippen molar-refractivity contribution in [2.75, 3.05) is 18.4 Å². The average molecular weight is 326 g/mol. The molecule has 1 aromatic carbocycles. The van der Waals surface area contributed by atoms with Gasteiger partial charge in [0, 0.05) is 6.54 Å². The van der Waals surface area contributed by atoms with Crippen LogP contribution in [0.25, 0.3) is 11.2 Å². The van der Waals surface area contributed by atoms with Crippen LogP contribution in [-0.2, 0) is 0 Å². The Morgan fingerprint density at radius 3 is 2.71 bits per heavy atom. The fourth-order valence-corrected chi connectivity index (χ4v) is 2.41. The Labute approximate surface area is 140 Å². The number of fused-ring (bicyclic) bond motifs is 1. The summed E-state index contributed by atoms with van der Waals surface area (Å²) in [6, 6.07) is 9.76. The molecule has 0 saturated carbocycles. The molecule has 3 aromatic rings. The first-order chi connectivity index (χ1) is 11.9. The quantitative estimate of drug-likeness (QED) is 0.522. The summed E-state index contributed by atoms with van der Waals surface area (Å²) in [7, 11) is 0. The zero-order valence-electron chi connectivity index (χ0n) is 13.5. The van der Waals surface area contributed by atoms with Crippen molar-refractivity contribution in [3.05, 3.63) is 36.7 Å². The topological polar surface area (TPSA) is 102 Å². The lowest BCUT2D eigenvalue weighted by Crippen LogP contribution is -2.06. The van der Waals surface area contributed by atoms with Crippen molar-refractivity contribution < 1.29 is 4.74 Å². The van der Waals surface area contributed by atoms with Gasteiger partial charge in [0.05, 0.1) is 6.33 Å². The number of nitrogens with zero attached hydrogens (tertiary/aromatic N) is 3. The number of benzene rings is 1. The number of aromatic amines is 1. The highest BCUT2D eigenvalue weighted by Gasteiger charge is 2.11. The third-order valence-electron chi connectivity index (χ3n) is 3.64. The Kier molecular flexibility index (Phi) is 5.57. The van der Waals surface area contributed by atoms with Crippen LogP contribution in [0.15, 0.2) is 36.7 Å². The first-order valence-corrected chi connectivity index (χ1v) is 8.25. The van der Waals surface area contributed by atoms with Gasteiger partial charge in [-0.05, 0) is 31.5 Å². The van der Waals surface area contributed by atoms with Crippen molar-refractivity contribution in [2.24, 2.45) is 5.73 Å². The minimum Gasteiger partial charge on any atom is -0.424 e. The molecular weight excluding hydrogens is 304 g/mol. The SMILES string of the molecule is NCCCCCCNc1nc(Oc2ccccc2)nc2nc[nH]c12. The molecule has 0 saturated heterocycles. The molecule has 0 aliphatic rings. The number of nitrogens with two attached hydrogens (primary N) is 1. The third kappa shape index (κ3) is 4.20. The molecule has 4 N–H and O–H groups in total. The minimum atomic E-state index is 0.284. The zero-order chi connectivity index (χ0) is 16.6. The van der Waals surface area contributed by atoms with Gasteiger partial charge >= 0.3 is 6.01 Å². The zero-order valence-corrected chi connectivity index (χ0v) is 13.5. The summed E-state index contributed by atoms with van der Waals surface area (Å²) in [6.07, 6.45) is 6.05. The average Bonchev–Trinajstić information content (AvgIpc) is 3.07. The molecule has 0 spiro atoms. The molecule has 0 radical (unpaired) electrons. The van der Waals surface area contributed by atoms with E-state index in [1.807, 2.05) is 30.3 Å². The van der Waals surface area contributed by atoms with Crippen LogP contribution >= 0.6 is 0 Å². The molecule has 24 heavy (non-hydrogen) atoms. The van der Waals surface area contributed by atoms with E-state index < -0.39 is 0 Å². The largest absolute Gasteiger partial charge is 0.424 e. The van der Waals surface area contributed by atoms with Gasteiger partial charge in [-0.1, -0.05) is 31.0 Å². The number of para-hydroxylation sites is 1. The van der Waals surface area contributed by atoms with E-state index in [1.54, 1.807) is 6.33 Å². The standard InChI is InChI=1S/C17H22N6O/c18-10-6-1-2-7-11-19-15-14-16(21-12-20-14)23-17(22-15)24-13-8-4-3-5-9-13/h3-5,8-9,12H,1-2,6-7,10-11,18H2,(H2,19,20,21,22,23). The lowest BCUT2D eigenvalue weighted by Gasteiger charge is -2.09. The molecule has 0 aliphatic heterocycles. The van der Waals surface area contributed by atoms with E-state index in [0.717, 1.165) is 44.3 Å². The monoisotopic (exact) mass is 326 g/mol. The van der Waals surface area contributed by atoms with Gasteiger partial charge in [0.15, 0.2) is 11.5 Å². The van der Waals surface area contributed by atoms with Crippen LogP contribution in [-0.4, -0.2) is 33.0 Å². The van der Waals surface area contributed by atoms with E-state index in [2.05, 4.69) is 25.3 Å². The smallest absolute Gasteiger partial charge is 0.326 e. The third-order valence-corrected chi connectivity index (χ3v) is 3.64. The van der Waals surface area contributed by atoms with Crippen molar-refractivity contribution in [2.45, 2.75) is 25.7 Å². The second-order valence-electron chi connectivity index (χ2n) is 5.50. The summed E-state index contributed by atoms with van der Waals surface area (Å²) in [6.45, 7) is 1.59. The summed E-state index contributed by atoms with van der Waals surface area (Å²) in [5, 5.41) is 3.34. The van der Waals surface area contributed by atoms with Gasteiger partial charge in [0.2, 0.25) is 0 Å². The number of rotatable bonds is 9. The van der Waals surface area contributed by atoms with Crippen LogP contribution < -0.4 is 15.8 Å². The maximum atomic E-state index is 5.73. The van der Waals surface area contributed by atoms with Crippen molar-refractivity contribution in [1.29, 1.82) is 0 Å². The number of anilines is 1. The van der Waals surface area contributed by atoms with E-state index in [4.69, 9.17) is 10.5 Å². The molecule has 7 nitrogen and oxygen atoms in total. The molecule has 7 heteroatoms. The highest BCUT2D eigenvalue weighted by Crippen LogP contribution is 2.23.